The van der Waals surface area contributed by atoms with Crippen molar-refractivity contribution < 1.29 is 0 Å². The number of hydrogen-bond donors (Lipinski definition) is 0. The highest BCUT2D eigenvalue weighted by Gasteiger charge is 1.97. The molecule has 0 amide bonds. The molecular weight excluding hydrogens is 176 g/mol. The van der Waals surface area contributed by atoms with Gasteiger partial charge in [-0.25, -0.2) is 0 Å². The van der Waals surface area contributed by atoms with E-state index in [0.717, 1.165) is 5.02 Å². The summed E-state index contributed by atoms with van der Waals surface area (Å²) in [6.45, 7) is 0. The Bertz CT molecular complexity index is 384. The fourth-order valence-electron chi connectivity index (χ4n) is 1.02. The van der Waals surface area contributed by atoms with Crippen molar-refractivity contribution in [1.82, 2.24) is 0 Å². The van der Waals surface area contributed by atoms with Gasteiger partial charge in [0, 0.05) is 16.5 Å². The van der Waals surface area contributed by atoms with Gasteiger partial charge in [-0.05, 0) is 17.5 Å². The summed E-state index contributed by atoms with van der Waals surface area (Å²) in [4.78, 5) is 0. The van der Waals surface area contributed by atoms with E-state index >= 15 is 0 Å². The number of fused-ring (bicyclic) bond motifs is 1. The number of benzene rings is 1. The SMILES string of the molecule is Clc1ccc2cc[s+]cc2c1. The van der Waals surface area contributed by atoms with Gasteiger partial charge in [-0.1, -0.05) is 17.7 Å². The first-order chi connectivity index (χ1) is 5.36. The van der Waals surface area contributed by atoms with Crippen molar-refractivity contribution in [3.63, 3.8) is 0 Å². The Morgan fingerprint density at radius 3 is 2.91 bits per heavy atom. The second-order valence-electron chi connectivity index (χ2n) is 2.33. The topological polar surface area (TPSA) is 0 Å². The van der Waals surface area contributed by atoms with Crippen molar-refractivity contribution in [3.05, 3.63) is 40.0 Å². The van der Waals surface area contributed by atoms with Crippen LogP contribution in [0.15, 0.2) is 35.0 Å². The van der Waals surface area contributed by atoms with Gasteiger partial charge in [-0.2, -0.15) is 0 Å². The predicted molar refractivity (Wildman–Crippen MR) is 51.2 cm³/mol. The zero-order valence-electron chi connectivity index (χ0n) is 5.75. The van der Waals surface area contributed by atoms with E-state index in [9.17, 15) is 0 Å². The molecular formula is C9H6ClS+. The average molecular weight is 182 g/mol. The molecule has 0 nitrogen and oxygen atoms in total. The van der Waals surface area contributed by atoms with Gasteiger partial charge in [0.2, 0.25) is 16.7 Å². The molecule has 0 radical (unpaired) electrons. The molecule has 0 spiro atoms. The number of hydrogen-bond acceptors (Lipinski definition) is 0. The van der Waals surface area contributed by atoms with Crippen LogP contribution in [-0.2, 0) is 0 Å². The molecule has 2 rings (SSSR count). The highest BCUT2D eigenvalue weighted by molar-refractivity contribution is 7.08. The van der Waals surface area contributed by atoms with Crippen LogP contribution >= 0.6 is 22.9 Å². The molecule has 0 aliphatic heterocycles. The molecule has 1 aromatic heterocycles. The molecule has 11 heavy (non-hydrogen) atoms. The fourth-order valence-corrected chi connectivity index (χ4v) is 1.86. The number of halogens is 1. The lowest BCUT2D eigenvalue weighted by molar-refractivity contribution is 1.81. The lowest BCUT2D eigenvalue weighted by Gasteiger charge is -1.90. The third-order valence-corrected chi connectivity index (χ3v) is 2.49. The maximum Gasteiger partial charge on any atom is 0.212 e. The van der Waals surface area contributed by atoms with Gasteiger partial charge in [0.15, 0.2) is 5.38 Å². The standard InChI is InChI=1S/C9H6ClS/c10-9-2-1-7-3-4-11-6-8(7)5-9/h1-6H/q+1. The molecule has 0 saturated carbocycles. The zero-order chi connectivity index (χ0) is 7.68. The molecule has 0 N–H and O–H groups in total. The first-order valence-corrected chi connectivity index (χ1v) is 4.63. The molecule has 0 aliphatic carbocycles. The molecule has 2 aromatic rings. The second-order valence-corrected chi connectivity index (χ2v) is 3.55. The lowest BCUT2D eigenvalue weighted by atomic mass is 10.2. The van der Waals surface area contributed by atoms with Crippen LogP contribution in [0.25, 0.3) is 10.8 Å². The third-order valence-electron chi connectivity index (χ3n) is 1.57. The summed E-state index contributed by atoms with van der Waals surface area (Å²) in [5.74, 6) is 0. The number of rotatable bonds is 0. The summed E-state index contributed by atoms with van der Waals surface area (Å²) in [7, 11) is 0. The summed E-state index contributed by atoms with van der Waals surface area (Å²) < 4.78 is 0. The molecule has 0 unspecified atom stereocenters. The minimum atomic E-state index is 0.802. The van der Waals surface area contributed by atoms with Crippen molar-refractivity contribution >= 4 is 33.7 Å². The van der Waals surface area contributed by atoms with Gasteiger partial charge in [0.25, 0.3) is 0 Å². The Kier molecular flexibility index (Phi) is 1.76. The molecule has 54 valence electrons. The van der Waals surface area contributed by atoms with Crippen molar-refractivity contribution in [3.8, 4) is 0 Å². The van der Waals surface area contributed by atoms with Crippen LogP contribution in [-0.4, -0.2) is 0 Å². The van der Waals surface area contributed by atoms with Gasteiger partial charge in [0.1, 0.15) is 0 Å². The minimum Gasteiger partial charge on any atom is -0.0843 e. The molecule has 0 fully saturated rings. The Balaban J connectivity index is 2.83. The summed E-state index contributed by atoms with van der Waals surface area (Å²) >= 11 is 7.51. The normalized spacial score (nSPS) is 10.3. The molecule has 0 bridgehead atoms. The highest BCUT2D eigenvalue weighted by Crippen LogP contribution is 2.19. The van der Waals surface area contributed by atoms with E-state index in [1.807, 2.05) is 18.2 Å². The Morgan fingerprint density at radius 2 is 2.00 bits per heavy atom. The predicted octanol–water partition coefficient (Wildman–Crippen LogP) is 3.84. The van der Waals surface area contributed by atoms with E-state index in [-0.39, 0.29) is 0 Å². The van der Waals surface area contributed by atoms with Crippen LogP contribution in [0.4, 0.5) is 0 Å². The van der Waals surface area contributed by atoms with Gasteiger partial charge in [-0.3, -0.25) is 0 Å². The maximum atomic E-state index is 5.82. The molecule has 0 saturated heterocycles. The van der Waals surface area contributed by atoms with Crippen LogP contribution < -0.4 is 0 Å². The van der Waals surface area contributed by atoms with E-state index in [1.54, 1.807) is 11.3 Å². The van der Waals surface area contributed by atoms with Gasteiger partial charge in [0.05, 0.1) is 0 Å². The van der Waals surface area contributed by atoms with Gasteiger partial charge >= 0.3 is 0 Å². The van der Waals surface area contributed by atoms with Crippen LogP contribution in [0.2, 0.25) is 5.02 Å². The van der Waals surface area contributed by atoms with Gasteiger partial charge < -0.3 is 0 Å². The lowest BCUT2D eigenvalue weighted by Crippen LogP contribution is -1.68. The smallest absolute Gasteiger partial charge is 0.0843 e. The van der Waals surface area contributed by atoms with Crippen LogP contribution in [0.1, 0.15) is 0 Å². The molecule has 1 heterocycles. The zero-order valence-corrected chi connectivity index (χ0v) is 7.32. The maximum absolute atomic E-state index is 5.82. The van der Waals surface area contributed by atoms with Crippen LogP contribution in [0.3, 0.4) is 0 Å². The monoisotopic (exact) mass is 181 g/mol. The van der Waals surface area contributed by atoms with E-state index in [2.05, 4.69) is 16.8 Å². The first-order valence-electron chi connectivity index (χ1n) is 3.31. The van der Waals surface area contributed by atoms with Crippen molar-refractivity contribution in [1.29, 1.82) is 0 Å². The fraction of sp³-hybridized carbons (Fsp3) is 0. The van der Waals surface area contributed by atoms with Crippen molar-refractivity contribution in [2.45, 2.75) is 0 Å². The van der Waals surface area contributed by atoms with E-state index in [4.69, 9.17) is 11.6 Å². The highest BCUT2D eigenvalue weighted by atomic mass is 35.5. The molecule has 0 aliphatic rings. The summed E-state index contributed by atoms with van der Waals surface area (Å²) in [5, 5.41) is 7.42. The summed E-state index contributed by atoms with van der Waals surface area (Å²) in [6.07, 6.45) is 0. The van der Waals surface area contributed by atoms with Gasteiger partial charge in [-0.15, -0.1) is 0 Å². The molecule has 1 aromatic carbocycles. The van der Waals surface area contributed by atoms with E-state index in [1.165, 1.54) is 10.8 Å². The minimum absolute atomic E-state index is 0.802. The third kappa shape index (κ3) is 1.35. The average Bonchev–Trinajstić information content (AvgIpc) is 2.04. The first kappa shape index (κ1) is 7.01. The van der Waals surface area contributed by atoms with Crippen molar-refractivity contribution in [2.24, 2.45) is 0 Å². The quantitative estimate of drug-likeness (QED) is 0.542. The largest absolute Gasteiger partial charge is 0.212 e. The van der Waals surface area contributed by atoms with E-state index in [0.29, 0.717) is 0 Å². The Hall–Kier alpha value is -0.660. The summed E-state index contributed by atoms with van der Waals surface area (Å²) in [5.41, 5.74) is 0. The Labute approximate surface area is 74.1 Å². The Morgan fingerprint density at radius 1 is 1.09 bits per heavy atom. The molecule has 2 heteroatoms. The van der Waals surface area contributed by atoms with E-state index < -0.39 is 0 Å². The second kappa shape index (κ2) is 2.76. The van der Waals surface area contributed by atoms with Crippen LogP contribution in [0, 0.1) is 0 Å². The van der Waals surface area contributed by atoms with Crippen molar-refractivity contribution in [2.75, 3.05) is 0 Å². The molecule has 0 atom stereocenters. The summed E-state index contributed by atoms with van der Waals surface area (Å²) in [6, 6.07) is 8.02. The van der Waals surface area contributed by atoms with Crippen LogP contribution in [0.5, 0.6) is 0 Å².